The Morgan fingerprint density at radius 1 is 1.18 bits per heavy atom. The molecule has 33 heavy (non-hydrogen) atoms. The van der Waals surface area contributed by atoms with Gasteiger partial charge in [-0.25, -0.2) is 13.8 Å². The summed E-state index contributed by atoms with van der Waals surface area (Å²) in [5.41, 5.74) is 1.23. The Balaban J connectivity index is 1.72. The van der Waals surface area contributed by atoms with Gasteiger partial charge in [0.1, 0.15) is 11.3 Å². The number of imidazole rings is 1. The molecule has 0 aliphatic carbocycles. The summed E-state index contributed by atoms with van der Waals surface area (Å²) in [6.45, 7) is -0.300. The van der Waals surface area contributed by atoms with Crippen LogP contribution in [0.5, 0.6) is 0 Å². The van der Waals surface area contributed by atoms with E-state index in [1.165, 1.54) is 24.5 Å². The number of aryl methyl sites for hydroxylation is 1. The first-order valence-corrected chi connectivity index (χ1v) is 11.3. The standard InChI is InChI=1S/C24H21F2IN4O2/c1-31-13-28-23-20(31)11-17(22(21(23)26)30-19-8-7-15(27)10-18(19)25)24(33)29-16(12-32)9-14-5-3-2-4-6-14/h2-8,10-11,13,16,30,32H,9,12H2,1H3,(H,29,33). The fourth-order valence-electron chi connectivity index (χ4n) is 3.57. The van der Waals surface area contributed by atoms with Crippen LogP contribution >= 0.6 is 22.6 Å². The van der Waals surface area contributed by atoms with Crippen LogP contribution in [0.2, 0.25) is 0 Å². The van der Waals surface area contributed by atoms with Gasteiger partial charge in [0.25, 0.3) is 5.91 Å². The zero-order valence-electron chi connectivity index (χ0n) is 17.6. The molecule has 1 atom stereocenters. The summed E-state index contributed by atoms with van der Waals surface area (Å²) >= 11 is 1.98. The first-order valence-electron chi connectivity index (χ1n) is 10.2. The third-order valence-electron chi connectivity index (χ3n) is 5.28. The number of nitrogens with one attached hydrogen (secondary N) is 2. The Hall–Kier alpha value is -3.05. The second kappa shape index (κ2) is 9.84. The number of carbonyl (C=O) groups is 1. The second-order valence-electron chi connectivity index (χ2n) is 7.63. The number of benzene rings is 3. The number of carbonyl (C=O) groups excluding carboxylic acids is 1. The average Bonchev–Trinajstić information content (AvgIpc) is 3.18. The number of fused-ring (bicyclic) bond motifs is 1. The topological polar surface area (TPSA) is 79.2 Å². The summed E-state index contributed by atoms with van der Waals surface area (Å²) < 4.78 is 32.2. The quantitative estimate of drug-likeness (QED) is 0.290. The fraction of sp³-hybridized carbons (Fsp3) is 0.167. The maximum absolute atomic E-state index is 15.5. The van der Waals surface area contributed by atoms with Gasteiger partial charge < -0.3 is 20.3 Å². The molecular formula is C24H21F2IN4O2. The van der Waals surface area contributed by atoms with E-state index in [-0.39, 0.29) is 29.1 Å². The first kappa shape index (κ1) is 23.1. The molecule has 0 spiro atoms. The van der Waals surface area contributed by atoms with Crippen molar-refractivity contribution in [3.05, 3.63) is 87.3 Å². The van der Waals surface area contributed by atoms with E-state index < -0.39 is 23.6 Å². The number of hydrogen-bond donors (Lipinski definition) is 3. The predicted octanol–water partition coefficient (Wildman–Crippen LogP) is 4.53. The van der Waals surface area contributed by atoms with Crippen molar-refractivity contribution in [1.82, 2.24) is 14.9 Å². The molecule has 0 radical (unpaired) electrons. The summed E-state index contributed by atoms with van der Waals surface area (Å²) in [5, 5.41) is 15.3. The van der Waals surface area contributed by atoms with Gasteiger partial charge in [-0.05, 0) is 58.8 Å². The SMILES string of the molecule is Cn1cnc2c(F)c(Nc3ccc(I)cc3F)c(C(=O)NC(CO)Cc3ccccc3)cc21. The largest absolute Gasteiger partial charge is 0.394 e. The summed E-state index contributed by atoms with van der Waals surface area (Å²) in [5.74, 6) is -1.94. The van der Waals surface area contributed by atoms with Gasteiger partial charge in [-0.15, -0.1) is 0 Å². The average molecular weight is 562 g/mol. The van der Waals surface area contributed by atoms with E-state index in [4.69, 9.17) is 0 Å². The van der Waals surface area contributed by atoms with Crippen molar-refractivity contribution in [1.29, 1.82) is 0 Å². The Kier molecular flexibility index (Phi) is 6.89. The molecule has 6 nitrogen and oxygen atoms in total. The number of aromatic nitrogens is 2. The van der Waals surface area contributed by atoms with Gasteiger partial charge in [0.05, 0.1) is 41.4 Å². The molecule has 0 aliphatic rings. The van der Waals surface area contributed by atoms with E-state index in [1.807, 2.05) is 52.9 Å². The van der Waals surface area contributed by atoms with Gasteiger partial charge in [-0.3, -0.25) is 4.79 Å². The number of aliphatic hydroxyl groups is 1. The van der Waals surface area contributed by atoms with E-state index in [0.717, 1.165) is 5.56 Å². The normalized spacial score (nSPS) is 12.0. The summed E-state index contributed by atoms with van der Waals surface area (Å²) in [6.07, 6.45) is 1.84. The minimum absolute atomic E-state index is 0.0203. The third-order valence-corrected chi connectivity index (χ3v) is 5.95. The number of anilines is 2. The third kappa shape index (κ3) is 4.98. The summed E-state index contributed by atoms with van der Waals surface area (Å²) in [7, 11) is 1.69. The zero-order chi connectivity index (χ0) is 23.5. The number of aliphatic hydroxyl groups excluding tert-OH is 1. The molecule has 0 fully saturated rings. The molecule has 0 saturated heterocycles. The van der Waals surface area contributed by atoms with Gasteiger partial charge in [0.2, 0.25) is 0 Å². The van der Waals surface area contributed by atoms with E-state index in [1.54, 1.807) is 17.7 Å². The van der Waals surface area contributed by atoms with Crippen molar-refractivity contribution in [2.75, 3.05) is 11.9 Å². The predicted molar refractivity (Wildman–Crippen MR) is 132 cm³/mol. The minimum Gasteiger partial charge on any atom is -0.394 e. The van der Waals surface area contributed by atoms with Crippen molar-refractivity contribution in [2.24, 2.45) is 7.05 Å². The molecule has 1 amide bonds. The number of rotatable bonds is 7. The number of hydrogen-bond acceptors (Lipinski definition) is 4. The second-order valence-corrected chi connectivity index (χ2v) is 8.87. The molecule has 9 heteroatoms. The van der Waals surface area contributed by atoms with Crippen LogP contribution in [-0.4, -0.2) is 33.2 Å². The van der Waals surface area contributed by atoms with E-state index in [0.29, 0.717) is 15.5 Å². The Morgan fingerprint density at radius 3 is 2.64 bits per heavy atom. The van der Waals surface area contributed by atoms with Crippen molar-refractivity contribution in [2.45, 2.75) is 12.5 Å². The Bertz CT molecular complexity index is 1310. The number of halogens is 3. The Labute approximate surface area is 202 Å². The van der Waals surface area contributed by atoms with Crippen LogP contribution in [0.4, 0.5) is 20.2 Å². The van der Waals surface area contributed by atoms with Crippen LogP contribution < -0.4 is 10.6 Å². The molecule has 3 aromatic carbocycles. The zero-order valence-corrected chi connectivity index (χ0v) is 19.8. The molecule has 3 N–H and O–H groups in total. The van der Waals surface area contributed by atoms with Crippen molar-refractivity contribution >= 4 is 50.9 Å². The monoisotopic (exact) mass is 562 g/mol. The maximum Gasteiger partial charge on any atom is 0.253 e. The van der Waals surface area contributed by atoms with Crippen molar-refractivity contribution < 1.29 is 18.7 Å². The van der Waals surface area contributed by atoms with Crippen molar-refractivity contribution in [3.63, 3.8) is 0 Å². The summed E-state index contributed by atoms with van der Waals surface area (Å²) in [4.78, 5) is 17.3. The van der Waals surface area contributed by atoms with Gasteiger partial charge in [-0.2, -0.15) is 0 Å². The molecule has 170 valence electrons. The van der Waals surface area contributed by atoms with Crippen LogP contribution in [0.1, 0.15) is 15.9 Å². The lowest BCUT2D eigenvalue weighted by molar-refractivity contribution is 0.0917. The molecule has 4 aromatic rings. The highest BCUT2D eigenvalue weighted by molar-refractivity contribution is 14.1. The first-order chi connectivity index (χ1) is 15.9. The van der Waals surface area contributed by atoms with Gasteiger partial charge in [-0.1, -0.05) is 30.3 Å². The van der Waals surface area contributed by atoms with Gasteiger partial charge in [0, 0.05) is 10.6 Å². The molecule has 0 saturated carbocycles. The van der Waals surface area contributed by atoms with Crippen molar-refractivity contribution in [3.8, 4) is 0 Å². The molecule has 1 unspecified atom stereocenters. The molecule has 1 heterocycles. The number of amides is 1. The fourth-order valence-corrected chi connectivity index (χ4v) is 4.03. The Morgan fingerprint density at radius 2 is 1.94 bits per heavy atom. The van der Waals surface area contributed by atoms with Crippen LogP contribution in [-0.2, 0) is 13.5 Å². The number of nitrogens with zero attached hydrogens (tertiary/aromatic N) is 2. The lowest BCUT2D eigenvalue weighted by Gasteiger charge is -2.19. The molecule has 0 aliphatic heterocycles. The minimum atomic E-state index is -0.764. The molecule has 0 bridgehead atoms. The van der Waals surface area contributed by atoms with Gasteiger partial charge in [0.15, 0.2) is 5.82 Å². The maximum atomic E-state index is 15.5. The van der Waals surface area contributed by atoms with Gasteiger partial charge >= 0.3 is 0 Å². The summed E-state index contributed by atoms with van der Waals surface area (Å²) in [6, 6.07) is 14.8. The van der Waals surface area contributed by atoms with E-state index >= 15 is 4.39 Å². The highest BCUT2D eigenvalue weighted by Crippen LogP contribution is 2.32. The smallest absolute Gasteiger partial charge is 0.253 e. The highest BCUT2D eigenvalue weighted by atomic mass is 127. The van der Waals surface area contributed by atoms with Crippen LogP contribution in [0.3, 0.4) is 0 Å². The lowest BCUT2D eigenvalue weighted by Crippen LogP contribution is -2.39. The van der Waals surface area contributed by atoms with Crippen LogP contribution in [0.15, 0.2) is 60.9 Å². The van der Waals surface area contributed by atoms with E-state index in [9.17, 15) is 14.3 Å². The molecule has 1 aromatic heterocycles. The highest BCUT2D eigenvalue weighted by Gasteiger charge is 2.24. The van der Waals surface area contributed by atoms with Crippen LogP contribution in [0.25, 0.3) is 11.0 Å². The molecule has 4 rings (SSSR count). The van der Waals surface area contributed by atoms with Crippen LogP contribution in [0, 0.1) is 15.2 Å². The molecular weight excluding hydrogens is 541 g/mol. The lowest BCUT2D eigenvalue weighted by atomic mass is 10.0. The van der Waals surface area contributed by atoms with E-state index in [2.05, 4.69) is 15.6 Å².